The zero-order valence-electron chi connectivity index (χ0n) is 9.01. The molecule has 0 radical (unpaired) electrons. The van der Waals surface area contributed by atoms with Crippen molar-refractivity contribution < 1.29 is 0 Å². The van der Waals surface area contributed by atoms with E-state index < -0.39 is 5.66 Å². The Hall–Kier alpha value is -1.36. The molecule has 1 unspecified atom stereocenters. The summed E-state index contributed by atoms with van der Waals surface area (Å²) in [5.74, 6) is 1.21. The summed E-state index contributed by atoms with van der Waals surface area (Å²) in [5.41, 5.74) is 6.18. The number of aliphatic imine (C=N–C) groups is 4. The maximum atomic E-state index is 6.20. The first kappa shape index (κ1) is 10.2. The quantitative estimate of drug-likeness (QED) is 0.733. The Morgan fingerprint density at radius 2 is 2.13 bits per heavy atom. The Morgan fingerprint density at radius 3 is 2.87 bits per heavy atom. The zero-order chi connectivity index (χ0) is 10.9. The first-order chi connectivity index (χ1) is 7.12. The molecule has 0 aromatic heterocycles. The van der Waals surface area contributed by atoms with Gasteiger partial charge in [0.1, 0.15) is 18.4 Å². The van der Waals surface area contributed by atoms with Crippen LogP contribution < -0.4 is 5.73 Å². The van der Waals surface area contributed by atoms with E-state index in [1.165, 1.54) is 12.7 Å². The van der Waals surface area contributed by atoms with Gasteiger partial charge in [-0.1, -0.05) is 13.8 Å². The predicted molar refractivity (Wildman–Crippen MR) is 62.8 cm³/mol. The lowest BCUT2D eigenvalue weighted by atomic mass is 9.94. The summed E-state index contributed by atoms with van der Waals surface area (Å²) in [7, 11) is 0. The van der Waals surface area contributed by atoms with Crippen molar-refractivity contribution in [3.8, 4) is 0 Å². The number of nitrogens with zero attached hydrogens (tertiary/aromatic N) is 4. The summed E-state index contributed by atoms with van der Waals surface area (Å²) in [6.45, 7) is 4.33. The van der Waals surface area contributed by atoms with Crippen LogP contribution in [0.1, 0.15) is 26.7 Å². The fourth-order valence-corrected chi connectivity index (χ4v) is 1.60. The van der Waals surface area contributed by atoms with Gasteiger partial charge in [-0.15, -0.1) is 0 Å². The summed E-state index contributed by atoms with van der Waals surface area (Å²) >= 11 is 0. The van der Waals surface area contributed by atoms with E-state index in [9.17, 15) is 0 Å². The molecule has 5 nitrogen and oxygen atoms in total. The molecule has 1 atom stereocenters. The van der Waals surface area contributed by atoms with Crippen LogP contribution >= 0.6 is 0 Å². The highest BCUT2D eigenvalue weighted by Gasteiger charge is 2.37. The van der Waals surface area contributed by atoms with Gasteiger partial charge in [0.25, 0.3) is 0 Å². The van der Waals surface area contributed by atoms with Crippen molar-refractivity contribution in [2.45, 2.75) is 32.4 Å². The molecule has 0 amide bonds. The molecule has 15 heavy (non-hydrogen) atoms. The van der Waals surface area contributed by atoms with Gasteiger partial charge in [0, 0.05) is 0 Å². The first-order valence-corrected chi connectivity index (χ1v) is 5.13. The van der Waals surface area contributed by atoms with Crippen LogP contribution in [0.2, 0.25) is 0 Å². The molecule has 0 aromatic rings. The number of hydrogen-bond acceptors (Lipinski definition) is 5. The van der Waals surface area contributed by atoms with E-state index in [0.717, 1.165) is 12.8 Å². The highest BCUT2D eigenvalue weighted by molar-refractivity contribution is 6.50. The van der Waals surface area contributed by atoms with E-state index in [2.05, 4.69) is 33.8 Å². The maximum Gasteiger partial charge on any atom is 0.180 e. The second kappa shape index (κ2) is 3.66. The molecule has 2 heterocycles. The Morgan fingerprint density at radius 1 is 1.33 bits per heavy atom. The number of fused-ring (bicyclic) bond motifs is 1. The van der Waals surface area contributed by atoms with Gasteiger partial charge >= 0.3 is 0 Å². The van der Waals surface area contributed by atoms with E-state index in [1.807, 2.05) is 0 Å². The van der Waals surface area contributed by atoms with Crippen LogP contribution in [0, 0.1) is 5.92 Å². The molecular formula is C10H15N5. The molecule has 2 N–H and O–H groups in total. The minimum Gasteiger partial charge on any atom is -0.302 e. The average Bonchev–Trinajstić information content (AvgIpc) is 2.65. The van der Waals surface area contributed by atoms with Crippen LogP contribution in [0.25, 0.3) is 0 Å². The van der Waals surface area contributed by atoms with Crippen molar-refractivity contribution in [2.75, 3.05) is 0 Å². The lowest BCUT2D eigenvalue weighted by Gasteiger charge is -2.27. The lowest BCUT2D eigenvalue weighted by molar-refractivity contribution is 0.459. The van der Waals surface area contributed by atoms with E-state index in [1.54, 1.807) is 0 Å². The topological polar surface area (TPSA) is 75.5 Å². The van der Waals surface area contributed by atoms with Gasteiger partial charge in [-0.25, -0.2) is 20.0 Å². The molecule has 0 saturated carbocycles. The fourth-order valence-electron chi connectivity index (χ4n) is 1.60. The van der Waals surface area contributed by atoms with Crippen molar-refractivity contribution in [1.82, 2.24) is 0 Å². The number of rotatable bonds is 3. The smallest absolute Gasteiger partial charge is 0.180 e. The van der Waals surface area contributed by atoms with E-state index in [0.29, 0.717) is 17.5 Å². The Bertz CT molecular complexity index is 377. The molecular weight excluding hydrogens is 190 g/mol. The third-order valence-corrected chi connectivity index (χ3v) is 2.56. The monoisotopic (exact) mass is 205 g/mol. The van der Waals surface area contributed by atoms with Gasteiger partial charge in [0.15, 0.2) is 11.5 Å². The van der Waals surface area contributed by atoms with Gasteiger partial charge in [-0.3, -0.25) is 0 Å². The molecule has 0 aliphatic carbocycles. The van der Waals surface area contributed by atoms with Crippen molar-refractivity contribution in [1.29, 1.82) is 0 Å². The molecule has 5 heteroatoms. The minimum atomic E-state index is -0.724. The Labute approximate surface area is 88.9 Å². The van der Waals surface area contributed by atoms with Crippen LogP contribution in [0.5, 0.6) is 0 Å². The van der Waals surface area contributed by atoms with E-state index >= 15 is 0 Å². The minimum absolute atomic E-state index is 0.603. The van der Waals surface area contributed by atoms with Gasteiger partial charge in [-0.05, 0) is 18.8 Å². The highest BCUT2D eigenvalue weighted by Crippen LogP contribution is 2.22. The van der Waals surface area contributed by atoms with Crippen molar-refractivity contribution >= 4 is 24.2 Å². The van der Waals surface area contributed by atoms with Gasteiger partial charge in [0.2, 0.25) is 0 Å². The van der Waals surface area contributed by atoms with Crippen LogP contribution in [0.4, 0.5) is 0 Å². The SMILES string of the molecule is CC(C)CCC1(N)N=CN=C2N=CN=C21. The Balaban J connectivity index is 2.16. The Kier molecular flexibility index (Phi) is 2.48. The maximum absolute atomic E-state index is 6.20. The molecule has 0 spiro atoms. The number of nitrogens with two attached hydrogens (primary N) is 1. The summed E-state index contributed by atoms with van der Waals surface area (Å²) in [6.07, 6.45) is 4.76. The van der Waals surface area contributed by atoms with Crippen LogP contribution in [-0.2, 0) is 0 Å². The molecule has 0 bridgehead atoms. The van der Waals surface area contributed by atoms with Gasteiger partial charge < -0.3 is 5.73 Å². The first-order valence-electron chi connectivity index (χ1n) is 5.13. The van der Waals surface area contributed by atoms with E-state index in [4.69, 9.17) is 5.73 Å². The lowest BCUT2D eigenvalue weighted by Crippen LogP contribution is -2.50. The summed E-state index contributed by atoms with van der Waals surface area (Å²) in [5, 5.41) is 0. The second-order valence-corrected chi connectivity index (χ2v) is 4.28. The van der Waals surface area contributed by atoms with Crippen LogP contribution in [0.3, 0.4) is 0 Å². The predicted octanol–water partition coefficient (Wildman–Crippen LogP) is 1.00. The molecule has 0 saturated heterocycles. The fraction of sp³-hybridized carbons (Fsp3) is 0.600. The molecule has 2 aliphatic heterocycles. The molecule has 2 aliphatic rings. The molecule has 80 valence electrons. The van der Waals surface area contributed by atoms with Crippen LogP contribution in [0.15, 0.2) is 20.0 Å². The van der Waals surface area contributed by atoms with Crippen LogP contribution in [-0.4, -0.2) is 29.9 Å². The second-order valence-electron chi connectivity index (χ2n) is 4.28. The van der Waals surface area contributed by atoms with Gasteiger partial charge in [-0.2, -0.15) is 0 Å². The largest absolute Gasteiger partial charge is 0.302 e. The zero-order valence-corrected chi connectivity index (χ0v) is 9.01. The van der Waals surface area contributed by atoms with Crippen molar-refractivity contribution in [3.63, 3.8) is 0 Å². The summed E-state index contributed by atoms with van der Waals surface area (Å²) in [6, 6.07) is 0. The average molecular weight is 205 g/mol. The standard InChI is InChI=1S/C10H15N5/c1-7(2)3-4-10(11)8-9(13-5-12-8)14-6-15-10/h5-7H,3-4,11H2,1-2H3. The number of hydrogen-bond donors (Lipinski definition) is 1. The molecule has 0 aromatic carbocycles. The normalized spacial score (nSPS) is 28.0. The molecule has 2 rings (SSSR count). The summed E-state index contributed by atoms with van der Waals surface area (Å²) < 4.78 is 0. The highest BCUT2D eigenvalue weighted by atomic mass is 15.2. The third-order valence-electron chi connectivity index (χ3n) is 2.56. The summed E-state index contributed by atoms with van der Waals surface area (Å²) in [4.78, 5) is 16.4. The third kappa shape index (κ3) is 1.87. The number of amidine groups is 1. The van der Waals surface area contributed by atoms with Crippen molar-refractivity contribution in [2.24, 2.45) is 31.6 Å². The molecule has 0 fully saturated rings. The van der Waals surface area contributed by atoms with E-state index in [-0.39, 0.29) is 0 Å². The van der Waals surface area contributed by atoms with Crippen molar-refractivity contribution in [3.05, 3.63) is 0 Å². The van der Waals surface area contributed by atoms with Gasteiger partial charge in [0.05, 0.1) is 0 Å².